The van der Waals surface area contributed by atoms with Gasteiger partial charge in [-0.3, -0.25) is 4.79 Å². The van der Waals surface area contributed by atoms with Gasteiger partial charge in [0.2, 0.25) is 5.91 Å². The molecular formula is C13H15NO5. The molecule has 0 heterocycles. The van der Waals surface area contributed by atoms with Crippen molar-refractivity contribution in [3.8, 4) is 5.75 Å². The lowest BCUT2D eigenvalue weighted by Gasteiger charge is -2.09. The maximum Gasteiger partial charge on any atom is 0.328 e. The van der Waals surface area contributed by atoms with E-state index >= 15 is 0 Å². The molecule has 0 spiro atoms. The van der Waals surface area contributed by atoms with Gasteiger partial charge in [0.15, 0.2) is 6.04 Å². The first-order chi connectivity index (χ1) is 9.06. The largest absolute Gasteiger partial charge is 0.497 e. The molecule has 0 aliphatic heterocycles. The molecule has 19 heavy (non-hydrogen) atoms. The summed E-state index contributed by atoms with van der Waals surface area (Å²) in [7, 11) is 1.54. The number of amides is 1. The lowest BCUT2D eigenvalue weighted by molar-refractivity contribution is -0.142. The van der Waals surface area contributed by atoms with Crippen molar-refractivity contribution in [3.63, 3.8) is 0 Å². The highest BCUT2D eigenvalue weighted by molar-refractivity contribution is 5.94. The van der Waals surface area contributed by atoms with E-state index in [9.17, 15) is 9.59 Å². The topological polar surface area (TPSA) is 95.9 Å². The van der Waals surface area contributed by atoms with E-state index in [0.29, 0.717) is 5.75 Å². The van der Waals surface area contributed by atoms with Crippen molar-refractivity contribution in [2.24, 2.45) is 0 Å². The van der Waals surface area contributed by atoms with Crippen LogP contribution in [0.1, 0.15) is 5.56 Å². The van der Waals surface area contributed by atoms with E-state index in [2.05, 4.69) is 5.32 Å². The van der Waals surface area contributed by atoms with Crippen LogP contribution in [-0.4, -0.2) is 41.8 Å². The van der Waals surface area contributed by atoms with Gasteiger partial charge in [0, 0.05) is 6.08 Å². The van der Waals surface area contributed by atoms with Crippen LogP contribution < -0.4 is 10.1 Å². The molecule has 0 unspecified atom stereocenters. The van der Waals surface area contributed by atoms with E-state index in [1.165, 1.54) is 19.3 Å². The second kappa shape index (κ2) is 7.17. The number of carboxylic acids is 1. The maximum atomic E-state index is 11.4. The van der Waals surface area contributed by atoms with Gasteiger partial charge < -0.3 is 20.3 Å². The molecule has 0 fully saturated rings. The zero-order valence-corrected chi connectivity index (χ0v) is 10.4. The minimum absolute atomic E-state index is 0.593. The molecule has 1 rings (SSSR count). The average molecular weight is 265 g/mol. The van der Waals surface area contributed by atoms with Crippen LogP contribution in [0.25, 0.3) is 6.08 Å². The number of carbonyl (C=O) groups excluding carboxylic acids is 1. The highest BCUT2D eigenvalue weighted by Crippen LogP contribution is 2.13. The van der Waals surface area contributed by atoms with Gasteiger partial charge in [-0.25, -0.2) is 4.79 Å². The van der Waals surface area contributed by atoms with Crippen LogP contribution in [-0.2, 0) is 9.59 Å². The molecule has 0 saturated carbocycles. The molecule has 0 aromatic heterocycles. The molecule has 6 nitrogen and oxygen atoms in total. The van der Waals surface area contributed by atoms with Gasteiger partial charge in [-0.2, -0.15) is 0 Å². The minimum atomic E-state index is -1.30. The third-order valence-corrected chi connectivity index (χ3v) is 2.32. The van der Waals surface area contributed by atoms with Crippen molar-refractivity contribution in [2.45, 2.75) is 6.04 Å². The monoisotopic (exact) mass is 265 g/mol. The molecule has 6 heteroatoms. The normalized spacial score (nSPS) is 12.1. The first kappa shape index (κ1) is 14.7. The third-order valence-electron chi connectivity index (χ3n) is 2.32. The summed E-state index contributed by atoms with van der Waals surface area (Å²) in [6, 6.07) is 5.73. The Morgan fingerprint density at radius 1 is 1.47 bits per heavy atom. The summed E-state index contributed by atoms with van der Waals surface area (Å²) < 4.78 is 5.03. The Kier molecular flexibility index (Phi) is 5.56. The maximum absolute atomic E-state index is 11.4. The molecule has 0 saturated heterocycles. The molecule has 1 aromatic rings. The molecule has 3 N–H and O–H groups in total. The van der Waals surface area contributed by atoms with Crippen molar-refractivity contribution >= 4 is 18.0 Å². The lowest BCUT2D eigenvalue weighted by atomic mass is 10.2. The van der Waals surface area contributed by atoms with Gasteiger partial charge in [0.1, 0.15) is 5.75 Å². The summed E-state index contributed by atoms with van der Waals surface area (Å²) in [6.45, 7) is -0.659. The molecule has 1 atom stereocenters. The smallest absolute Gasteiger partial charge is 0.328 e. The van der Waals surface area contributed by atoms with E-state index in [-0.39, 0.29) is 0 Å². The van der Waals surface area contributed by atoms with Gasteiger partial charge in [0.25, 0.3) is 0 Å². The van der Waals surface area contributed by atoms with Gasteiger partial charge in [-0.15, -0.1) is 0 Å². The summed E-state index contributed by atoms with van der Waals surface area (Å²) in [6.07, 6.45) is 2.72. The van der Waals surface area contributed by atoms with Crippen LogP contribution >= 0.6 is 0 Å². The summed E-state index contributed by atoms with van der Waals surface area (Å²) in [5.41, 5.74) is 0.741. The fourth-order valence-electron chi connectivity index (χ4n) is 1.32. The zero-order chi connectivity index (χ0) is 14.3. The molecule has 102 valence electrons. The second-order valence-electron chi connectivity index (χ2n) is 3.69. The number of benzene rings is 1. The second-order valence-corrected chi connectivity index (χ2v) is 3.69. The molecule has 0 radical (unpaired) electrons. The molecular weight excluding hydrogens is 250 g/mol. The van der Waals surface area contributed by atoms with E-state index < -0.39 is 24.5 Å². The van der Waals surface area contributed by atoms with Gasteiger partial charge in [-0.1, -0.05) is 12.1 Å². The van der Waals surface area contributed by atoms with Crippen molar-refractivity contribution in [2.75, 3.05) is 13.7 Å². The number of aliphatic carboxylic acids is 1. The highest BCUT2D eigenvalue weighted by atomic mass is 16.5. The van der Waals surface area contributed by atoms with E-state index in [0.717, 1.165) is 5.56 Å². The number of rotatable bonds is 6. The van der Waals surface area contributed by atoms with Crippen LogP contribution in [0.15, 0.2) is 30.3 Å². The Balaban J connectivity index is 2.65. The van der Waals surface area contributed by atoms with E-state index in [1.54, 1.807) is 24.3 Å². The summed E-state index contributed by atoms with van der Waals surface area (Å²) in [5.74, 6) is -1.23. The predicted molar refractivity (Wildman–Crippen MR) is 68.7 cm³/mol. The first-order valence-electron chi connectivity index (χ1n) is 5.53. The summed E-state index contributed by atoms with van der Waals surface area (Å²) in [4.78, 5) is 22.0. The Bertz CT molecular complexity index is 484. The zero-order valence-electron chi connectivity index (χ0n) is 10.4. The summed E-state index contributed by atoms with van der Waals surface area (Å²) >= 11 is 0. The van der Waals surface area contributed by atoms with Gasteiger partial charge >= 0.3 is 5.97 Å². The SMILES string of the molecule is COc1cccc(/C=C/C(=O)N[C@H](CO)C(=O)O)c1. The van der Waals surface area contributed by atoms with Crippen LogP contribution in [0.3, 0.4) is 0 Å². The van der Waals surface area contributed by atoms with Crippen LogP contribution in [0.2, 0.25) is 0 Å². The van der Waals surface area contributed by atoms with Crippen molar-refractivity contribution in [1.82, 2.24) is 5.32 Å². The van der Waals surface area contributed by atoms with Crippen molar-refractivity contribution in [1.29, 1.82) is 0 Å². The number of aliphatic hydroxyl groups excluding tert-OH is 1. The molecule has 1 aromatic carbocycles. The number of carboxylic acid groups (broad SMARTS) is 1. The van der Waals surface area contributed by atoms with Gasteiger partial charge in [0.05, 0.1) is 13.7 Å². The van der Waals surface area contributed by atoms with Crippen LogP contribution in [0, 0.1) is 0 Å². The van der Waals surface area contributed by atoms with Crippen molar-refractivity contribution in [3.05, 3.63) is 35.9 Å². The number of ether oxygens (including phenoxy) is 1. The fourth-order valence-corrected chi connectivity index (χ4v) is 1.32. The number of hydrogen-bond acceptors (Lipinski definition) is 4. The number of nitrogens with one attached hydrogen (secondary N) is 1. The Labute approximate surface area is 110 Å². The standard InChI is InChI=1S/C13H15NO5/c1-19-10-4-2-3-9(7-10)5-6-12(16)14-11(8-15)13(17)18/h2-7,11,15H,8H2,1H3,(H,14,16)(H,17,18)/b6-5+/t11-/m1/s1. The Morgan fingerprint density at radius 2 is 2.21 bits per heavy atom. The first-order valence-corrected chi connectivity index (χ1v) is 5.53. The number of carbonyl (C=O) groups is 2. The van der Waals surface area contributed by atoms with Crippen LogP contribution in [0.4, 0.5) is 0 Å². The van der Waals surface area contributed by atoms with Crippen LogP contribution in [0.5, 0.6) is 5.75 Å². The van der Waals surface area contributed by atoms with E-state index in [1.807, 2.05) is 0 Å². The predicted octanol–water partition coefficient (Wildman–Crippen LogP) is 0.270. The average Bonchev–Trinajstić information content (AvgIpc) is 2.42. The Hall–Kier alpha value is -2.34. The molecule has 1 amide bonds. The van der Waals surface area contributed by atoms with E-state index in [4.69, 9.17) is 14.9 Å². The number of methoxy groups -OCH3 is 1. The third kappa shape index (κ3) is 4.81. The van der Waals surface area contributed by atoms with Gasteiger partial charge in [-0.05, 0) is 23.8 Å². The Morgan fingerprint density at radius 3 is 2.79 bits per heavy atom. The lowest BCUT2D eigenvalue weighted by Crippen LogP contribution is -2.42. The number of aliphatic hydroxyl groups is 1. The number of hydrogen-bond donors (Lipinski definition) is 3. The molecule has 0 aliphatic carbocycles. The van der Waals surface area contributed by atoms with Crippen molar-refractivity contribution < 1.29 is 24.5 Å². The quantitative estimate of drug-likeness (QED) is 0.642. The minimum Gasteiger partial charge on any atom is -0.497 e. The molecule has 0 bridgehead atoms. The molecule has 0 aliphatic rings. The fraction of sp³-hybridized carbons (Fsp3) is 0.231. The summed E-state index contributed by atoms with van der Waals surface area (Å²) in [5, 5.41) is 19.6. The highest BCUT2D eigenvalue weighted by Gasteiger charge is 2.16.